The topological polar surface area (TPSA) is 52.6 Å². The average molecular weight is 244 g/mol. The Morgan fingerprint density at radius 2 is 2.12 bits per heavy atom. The van der Waals surface area contributed by atoms with Gasteiger partial charge in [-0.25, -0.2) is 4.21 Å². The number of hydrogen-bond acceptors (Lipinski definition) is 4. The van der Waals surface area contributed by atoms with E-state index >= 15 is 0 Å². The van der Waals surface area contributed by atoms with Crippen molar-refractivity contribution in [2.45, 2.75) is 18.6 Å². The fourth-order valence-corrected chi connectivity index (χ4v) is 4.11. The molecule has 0 saturated heterocycles. The standard InChI is InChI=1S/C11H16O4S/c1-3-15-16(13)10-8-5-4-7(6-8)9(10)11(12)14-2/h4-5,7-10H,3,6H2,1-2H3/t7-,8+,9-,10-,16?/m0/s1. The first-order valence-corrected chi connectivity index (χ1v) is 6.62. The van der Waals surface area contributed by atoms with Crippen LogP contribution in [0.3, 0.4) is 0 Å². The maximum absolute atomic E-state index is 11.9. The van der Waals surface area contributed by atoms with Crippen LogP contribution in [0.5, 0.6) is 0 Å². The lowest BCUT2D eigenvalue weighted by atomic mass is 9.93. The summed E-state index contributed by atoms with van der Waals surface area (Å²) in [6.07, 6.45) is 4.97. The Bertz CT molecular complexity index is 339. The molecule has 0 aromatic carbocycles. The molecule has 1 fully saturated rings. The smallest absolute Gasteiger partial charge is 0.310 e. The molecule has 90 valence electrons. The average Bonchev–Trinajstić information content (AvgIpc) is 2.87. The molecule has 0 aromatic heterocycles. The highest BCUT2D eigenvalue weighted by Crippen LogP contribution is 2.46. The van der Waals surface area contributed by atoms with Crippen LogP contribution >= 0.6 is 0 Å². The molecule has 16 heavy (non-hydrogen) atoms. The molecule has 5 atom stereocenters. The van der Waals surface area contributed by atoms with E-state index in [4.69, 9.17) is 8.92 Å². The monoisotopic (exact) mass is 244 g/mol. The van der Waals surface area contributed by atoms with E-state index in [9.17, 15) is 9.00 Å². The first-order chi connectivity index (χ1) is 7.69. The van der Waals surface area contributed by atoms with Crippen LogP contribution in [0.4, 0.5) is 0 Å². The number of ether oxygens (including phenoxy) is 1. The molecule has 0 spiro atoms. The summed E-state index contributed by atoms with van der Waals surface area (Å²) in [6.45, 7) is 2.20. The number of fused-ring (bicyclic) bond motifs is 2. The van der Waals surface area contributed by atoms with Crippen molar-refractivity contribution in [3.8, 4) is 0 Å². The predicted molar refractivity (Wildman–Crippen MR) is 59.8 cm³/mol. The lowest BCUT2D eigenvalue weighted by Gasteiger charge is -2.24. The van der Waals surface area contributed by atoms with Gasteiger partial charge in [-0.1, -0.05) is 12.2 Å². The van der Waals surface area contributed by atoms with E-state index in [-0.39, 0.29) is 29.0 Å². The molecular weight excluding hydrogens is 228 g/mol. The number of esters is 1. The summed E-state index contributed by atoms with van der Waals surface area (Å²) in [7, 11) is 1.37. The Morgan fingerprint density at radius 3 is 2.75 bits per heavy atom. The van der Waals surface area contributed by atoms with E-state index < -0.39 is 11.1 Å². The molecule has 0 amide bonds. The Kier molecular flexibility index (Phi) is 3.44. The summed E-state index contributed by atoms with van der Waals surface area (Å²) in [5.41, 5.74) is 0. The number of methoxy groups -OCH3 is 1. The van der Waals surface area contributed by atoms with Crippen LogP contribution in [-0.2, 0) is 24.8 Å². The third kappa shape index (κ3) is 1.82. The minimum absolute atomic E-state index is 0.173. The summed E-state index contributed by atoms with van der Waals surface area (Å²) < 4.78 is 21.8. The van der Waals surface area contributed by atoms with Crippen molar-refractivity contribution in [2.75, 3.05) is 13.7 Å². The molecule has 2 aliphatic rings. The molecule has 0 N–H and O–H groups in total. The first-order valence-electron chi connectivity index (χ1n) is 5.49. The van der Waals surface area contributed by atoms with Crippen molar-refractivity contribution in [1.82, 2.24) is 0 Å². The number of allylic oxidation sites excluding steroid dienone is 2. The van der Waals surface area contributed by atoms with E-state index in [0.29, 0.717) is 6.61 Å². The maximum Gasteiger partial charge on any atom is 0.310 e. The molecule has 0 aromatic rings. The number of carbonyl (C=O) groups is 1. The molecule has 0 radical (unpaired) electrons. The normalized spacial score (nSPS) is 37.6. The van der Waals surface area contributed by atoms with Gasteiger partial charge in [0.25, 0.3) is 0 Å². The second-order valence-corrected chi connectivity index (χ2v) is 5.43. The minimum atomic E-state index is -1.40. The second kappa shape index (κ2) is 4.67. The third-order valence-corrected chi connectivity index (χ3v) is 4.87. The lowest BCUT2D eigenvalue weighted by Crippen LogP contribution is -2.36. The highest BCUT2D eigenvalue weighted by molar-refractivity contribution is 7.81. The lowest BCUT2D eigenvalue weighted by molar-refractivity contribution is -0.146. The Balaban J connectivity index is 2.18. The molecule has 1 saturated carbocycles. The molecule has 2 aliphatic carbocycles. The van der Waals surface area contributed by atoms with E-state index in [0.717, 1.165) is 6.42 Å². The van der Waals surface area contributed by atoms with E-state index in [2.05, 4.69) is 0 Å². The van der Waals surface area contributed by atoms with Gasteiger partial charge < -0.3 is 4.74 Å². The Morgan fingerprint density at radius 1 is 1.44 bits per heavy atom. The third-order valence-electron chi connectivity index (χ3n) is 3.32. The highest BCUT2D eigenvalue weighted by atomic mass is 32.2. The van der Waals surface area contributed by atoms with Crippen LogP contribution in [-0.4, -0.2) is 29.1 Å². The van der Waals surface area contributed by atoms with Crippen molar-refractivity contribution >= 4 is 17.0 Å². The molecule has 4 nitrogen and oxygen atoms in total. The fourth-order valence-electron chi connectivity index (χ4n) is 2.68. The molecule has 2 rings (SSSR count). The summed E-state index contributed by atoms with van der Waals surface area (Å²) in [5.74, 6) is -0.198. The largest absolute Gasteiger partial charge is 0.469 e. The number of rotatable bonds is 4. The Hall–Kier alpha value is -0.680. The van der Waals surface area contributed by atoms with Gasteiger partial charge in [-0.15, -0.1) is 0 Å². The van der Waals surface area contributed by atoms with Crippen LogP contribution in [0, 0.1) is 17.8 Å². The van der Waals surface area contributed by atoms with Gasteiger partial charge in [0, 0.05) is 0 Å². The van der Waals surface area contributed by atoms with Crippen LogP contribution in [0.1, 0.15) is 13.3 Å². The van der Waals surface area contributed by atoms with Crippen molar-refractivity contribution in [3.63, 3.8) is 0 Å². The van der Waals surface area contributed by atoms with Gasteiger partial charge in [-0.05, 0) is 25.2 Å². The zero-order valence-electron chi connectivity index (χ0n) is 9.42. The van der Waals surface area contributed by atoms with Crippen molar-refractivity contribution in [2.24, 2.45) is 17.8 Å². The molecule has 2 bridgehead atoms. The SMILES string of the molecule is CCOS(=O)[C@@H]1[C@@H](C(=O)OC)[C@H]2C=C[C@@H]1C2. The van der Waals surface area contributed by atoms with Gasteiger partial charge in [0.2, 0.25) is 0 Å². The zero-order chi connectivity index (χ0) is 11.7. The molecule has 1 unspecified atom stereocenters. The van der Waals surface area contributed by atoms with Gasteiger partial charge >= 0.3 is 5.97 Å². The molecule has 0 aliphatic heterocycles. The maximum atomic E-state index is 11.9. The second-order valence-electron chi connectivity index (χ2n) is 4.13. The summed E-state index contributed by atoms with van der Waals surface area (Å²) in [4.78, 5) is 11.7. The summed E-state index contributed by atoms with van der Waals surface area (Å²) >= 11 is -1.40. The number of hydrogen-bond donors (Lipinski definition) is 0. The fraction of sp³-hybridized carbons (Fsp3) is 0.727. The summed E-state index contributed by atoms with van der Waals surface area (Å²) in [5, 5.41) is -0.234. The van der Waals surface area contributed by atoms with Gasteiger partial charge in [0.1, 0.15) is 0 Å². The van der Waals surface area contributed by atoms with Crippen LogP contribution < -0.4 is 0 Å². The van der Waals surface area contributed by atoms with Crippen molar-refractivity contribution < 1.29 is 17.9 Å². The summed E-state index contributed by atoms with van der Waals surface area (Å²) in [6, 6.07) is 0. The van der Waals surface area contributed by atoms with Gasteiger partial charge in [-0.2, -0.15) is 0 Å². The molecule has 5 heteroatoms. The molecule has 0 heterocycles. The van der Waals surface area contributed by atoms with Gasteiger partial charge in [-0.3, -0.25) is 8.98 Å². The van der Waals surface area contributed by atoms with Crippen LogP contribution in [0.25, 0.3) is 0 Å². The van der Waals surface area contributed by atoms with Gasteiger partial charge in [0.05, 0.1) is 24.9 Å². The predicted octanol–water partition coefficient (Wildman–Crippen LogP) is 1.05. The number of carbonyl (C=O) groups excluding carboxylic acids is 1. The Labute approximate surface area is 97.7 Å². The van der Waals surface area contributed by atoms with Crippen molar-refractivity contribution in [1.29, 1.82) is 0 Å². The minimum Gasteiger partial charge on any atom is -0.469 e. The van der Waals surface area contributed by atoms with Crippen LogP contribution in [0.15, 0.2) is 12.2 Å². The van der Waals surface area contributed by atoms with E-state index in [1.165, 1.54) is 7.11 Å². The zero-order valence-corrected chi connectivity index (χ0v) is 10.2. The quantitative estimate of drug-likeness (QED) is 0.548. The van der Waals surface area contributed by atoms with Gasteiger partial charge in [0.15, 0.2) is 11.1 Å². The highest BCUT2D eigenvalue weighted by Gasteiger charge is 2.52. The van der Waals surface area contributed by atoms with Crippen molar-refractivity contribution in [3.05, 3.63) is 12.2 Å². The first kappa shape index (κ1) is 11.8. The molecular formula is C11H16O4S. The van der Waals surface area contributed by atoms with E-state index in [1.807, 2.05) is 12.2 Å². The van der Waals surface area contributed by atoms with E-state index in [1.54, 1.807) is 6.92 Å². The van der Waals surface area contributed by atoms with Crippen LogP contribution in [0.2, 0.25) is 0 Å².